The Morgan fingerprint density at radius 1 is 1.26 bits per heavy atom. The van der Waals surface area contributed by atoms with Crippen LogP contribution < -0.4 is 10.0 Å². The van der Waals surface area contributed by atoms with E-state index in [2.05, 4.69) is 10.0 Å². The zero-order valence-corrected chi connectivity index (χ0v) is 15.6. The summed E-state index contributed by atoms with van der Waals surface area (Å²) in [6.45, 7) is 4.85. The normalized spacial score (nSPS) is 12.3. The molecule has 23 heavy (non-hydrogen) atoms. The number of amides is 1. The minimum absolute atomic E-state index is 0. The summed E-state index contributed by atoms with van der Waals surface area (Å²) in [7, 11) is -0.0628. The van der Waals surface area contributed by atoms with Gasteiger partial charge in [-0.15, -0.1) is 12.4 Å². The molecule has 1 amide bonds. The molecule has 1 atom stereocenters. The van der Waals surface area contributed by atoms with Gasteiger partial charge in [0.15, 0.2) is 0 Å². The first kappa shape index (κ1) is 21.9. The molecule has 0 spiro atoms. The Morgan fingerprint density at radius 3 is 2.35 bits per heavy atom. The van der Waals surface area contributed by atoms with Crippen LogP contribution in [0.25, 0.3) is 0 Å². The zero-order valence-electron chi connectivity index (χ0n) is 14.0. The molecular weight excluding hydrogens is 338 g/mol. The minimum Gasteiger partial charge on any atom is -0.344 e. The monoisotopic (exact) mass is 363 g/mol. The third kappa shape index (κ3) is 6.87. The SMILES string of the molecule is CNCC(C)C(=O)N(C)CCNS(=O)(=O)c1ccc(C)cc1.Cl. The van der Waals surface area contributed by atoms with Gasteiger partial charge in [-0.3, -0.25) is 4.79 Å². The molecule has 1 aromatic rings. The van der Waals surface area contributed by atoms with Crippen LogP contribution >= 0.6 is 12.4 Å². The second-order valence-corrected chi connectivity index (χ2v) is 7.20. The zero-order chi connectivity index (χ0) is 16.8. The van der Waals surface area contributed by atoms with E-state index in [1.807, 2.05) is 13.8 Å². The Bertz CT molecular complexity index is 590. The Hall–Kier alpha value is -1.15. The van der Waals surface area contributed by atoms with Crippen molar-refractivity contribution in [2.45, 2.75) is 18.7 Å². The van der Waals surface area contributed by atoms with Crippen molar-refractivity contribution in [3.63, 3.8) is 0 Å². The molecule has 0 aromatic heterocycles. The van der Waals surface area contributed by atoms with E-state index in [4.69, 9.17) is 0 Å². The van der Waals surface area contributed by atoms with Gasteiger partial charge in [0.25, 0.3) is 0 Å². The van der Waals surface area contributed by atoms with E-state index in [1.165, 1.54) is 0 Å². The Balaban J connectivity index is 0.00000484. The van der Waals surface area contributed by atoms with Crippen molar-refractivity contribution in [1.29, 1.82) is 0 Å². The Morgan fingerprint density at radius 2 is 1.83 bits per heavy atom. The van der Waals surface area contributed by atoms with Crippen LogP contribution in [0.3, 0.4) is 0 Å². The fraction of sp³-hybridized carbons (Fsp3) is 0.533. The van der Waals surface area contributed by atoms with E-state index < -0.39 is 10.0 Å². The molecule has 1 rings (SSSR count). The number of carbonyl (C=O) groups is 1. The smallest absolute Gasteiger partial charge is 0.240 e. The third-order valence-corrected chi connectivity index (χ3v) is 4.86. The Kier molecular flexibility index (Phi) is 9.38. The highest BCUT2D eigenvalue weighted by atomic mass is 35.5. The number of likely N-dealkylation sites (N-methyl/N-ethyl adjacent to an activating group) is 1. The predicted molar refractivity (Wildman–Crippen MR) is 94.3 cm³/mol. The number of hydrogen-bond acceptors (Lipinski definition) is 4. The van der Waals surface area contributed by atoms with Gasteiger partial charge in [0, 0.05) is 32.6 Å². The fourth-order valence-corrected chi connectivity index (χ4v) is 3.05. The number of carbonyl (C=O) groups excluding carboxylic acids is 1. The van der Waals surface area contributed by atoms with Crippen molar-refractivity contribution >= 4 is 28.3 Å². The predicted octanol–water partition coefficient (Wildman–Crippen LogP) is 1.01. The first-order chi connectivity index (χ1) is 10.3. The number of aryl methyl sites for hydroxylation is 1. The summed E-state index contributed by atoms with van der Waals surface area (Å²) in [6.07, 6.45) is 0. The summed E-state index contributed by atoms with van der Waals surface area (Å²) < 4.78 is 26.7. The molecule has 0 fully saturated rings. The van der Waals surface area contributed by atoms with Crippen molar-refractivity contribution in [3.8, 4) is 0 Å². The van der Waals surface area contributed by atoms with Crippen LogP contribution in [-0.2, 0) is 14.8 Å². The molecule has 2 N–H and O–H groups in total. The summed E-state index contributed by atoms with van der Waals surface area (Å²) in [5, 5.41) is 2.95. The summed E-state index contributed by atoms with van der Waals surface area (Å²) >= 11 is 0. The average Bonchev–Trinajstić information content (AvgIpc) is 2.46. The summed E-state index contributed by atoms with van der Waals surface area (Å²) in [6, 6.07) is 6.65. The maximum absolute atomic E-state index is 12.1. The van der Waals surface area contributed by atoms with Crippen molar-refractivity contribution in [2.75, 3.05) is 33.7 Å². The van der Waals surface area contributed by atoms with Gasteiger partial charge in [-0.05, 0) is 26.1 Å². The van der Waals surface area contributed by atoms with Crippen molar-refractivity contribution in [3.05, 3.63) is 29.8 Å². The van der Waals surface area contributed by atoms with Gasteiger partial charge in [-0.1, -0.05) is 24.6 Å². The van der Waals surface area contributed by atoms with E-state index in [0.717, 1.165) is 5.56 Å². The lowest BCUT2D eigenvalue weighted by Gasteiger charge is -2.21. The standard InChI is InChI=1S/C15H25N3O3S.ClH/c1-12-5-7-14(8-6-12)22(20,21)17-9-10-18(4)15(19)13(2)11-16-3;/h5-8,13,16-17H,9-11H2,1-4H3;1H. The van der Waals surface area contributed by atoms with Gasteiger partial charge in [0.2, 0.25) is 15.9 Å². The van der Waals surface area contributed by atoms with Gasteiger partial charge >= 0.3 is 0 Å². The molecular formula is C15H26ClN3O3S. The topological polar surface area (TPSA) is 78.5 Å². The maximum atomic E-state index is 12.1. The molecule has 0 saturated carbocycles. The molecule has 1 aromatic carbocycles. The van der Waals surface area contributed by atoms with Crippen LogP contribution in [0.1, 0.15) is 12.5 Å². The van der Waals surface area contributed by atoms with Crippen LogP contribution in [0.4, 0.5) is 0 Å². The molecule has 0 radical (unpaired) electrons. The second-order valence-electron chi connectivity index (χ2n) is 5.43. The number of nitrogens with zero attached hydrogens (tertiary/aromatic N) is 1. The number of benzene rings is 1. The van der Waals surface area contributed by atoms with Gasteiger partial charge in [-0.2, -0.15) is 0 Å². The van der Waals surface area contributed by atoms with E-state index in [-0.39, 0.29) is 35.7 Å². The quantitative estimate of drug-likeness (QED) is 0.722. The van der Waals surface area contributed by atoms with E-state index in [9.17, 15) is 13.2 Å². The molecule has 0 aliphatic carbocycles. The highest BCUT2D eigenvalue weighted by Gasteiger charge is 2.18. The molecule has 6 nitrogen and oxygen atoms in total. The molecule has 0 aliphatic rings. The van der Waals surface area contributed by atoms with E-state index in [1.54, 1.807) is 43.3 Å². The summed E-state index contributed by atoms with van der Waals surface area (Å²) in [4.78, 5) is 13.8. The van der Waals surface area contributed by atoms with Crippen LogP contribution in [0.2, 0.25) is 0 Å². The number of halogens is 1. The Labute approximate surface area is 145 Å². The first-order valence-electron chi connectivity index (χ1n) is 7.24. The number of sulfonamides is 1. The minimum atomic E-state index is -3.53. The van der Waals surface area contributed by atoms with Crippen molar-refractivity contribution in [1.82, 2.24) is 14.9 Å². The van der Waals surface area contributed by atoms with Crippen molar-refractivity contribution < 1.29 is 13.2 Å². The van der Waals surface area contributed by atoms with Crippen LogP contribution in [0.15, 0.2) is 29.2 Å². The fourth-order valence-electron chi connectivity index (χ4n) is 2.03. The number of rotatable bonds is 8. The van der Waals surface area contributed by atoms with Gasteiger partial charge in [0.1, 0.15) is 0 Å². The lowest BCUT2D eigenvalue weighted by atomic mass is 10.1. The number of nitrogens with one attached hydrogen (secondary N) is 2. The van der Waals surface area contributed by atoms with Crippen molar-refractivity contribution in [2.24, 2.45) is 5.92 Å². The molecule has 0 heterocycles. The van der Waals surface area contributed by atoms with Gasteiger partial charge in [0.05, 0.1) is 4.90 Å². The largest absolute Gasteiger partial charge is 0.344 e. The van der Waals surface area contributed by atoms with E-state index >= 15 is 0 Å². The first-order valence-corrected chi connectivity index (χ1v) is 8.72. The lowest BCUT2D eigenvalue weighted by Crippen LogP contribution is -2.40. The summed E-state index contributed by atoms with van der Waals surface area (Å²) in [5.74, 6) is -0.146. The van der Waals surface area contributed by atoms with Crippen LogP contribution in [0.5, 0.6) is 0 Å². The van der Waals surface area contributed by atoms with Crippen LogP contribution in [0, 0.1) is 12.8 Å². The highest BCUT2D eigenvalue weighted by molar-refractivity contribution is 7.89. The van der Waals surface area contributed by atoms with E-state index in [0.29, 0.717) is 13.1 Å². The van der Waals surface area contributed by atoms with Gasteiger partial charge < -0.3 is 10.2 Å². The molecule has 0 aliphatic heterocycles. The number of hydrogen-bond donors (Lipinski definition) is 2. The maximum Gasteiger partial charge on any atom is 0.240 e. The third-order valence-electron chi connectivity index (χ3n) is 3.38. The van der Waals surface area contributed by atoms with Gasteiger partial charge in [-0.25, -0.2) is 13.1 Å². The average molecular weight is 364 g/mol. The molecule has 132 valence electrons. The molecule has 0 bridgehead atoms. The van der Waals surface area contributed by atoms with Crippen LogP contribution in [-0.4, -0.2) is 53.0 Å². The molecule has 0 saturated heterocycles. The molecule has 1 unspecified atom stereocenters. The molecule has 8 heteroatoms. The second kappa shape index (κ2) is 9.87. The lowest BCUT2D eigenvalue weighted by molar-refractivity contribution is -0.133. The highest BCUT2D eigenvalue weighted by Crippen LogP contribution is 2.09. The summed E-state index contributed by atoms with van der Waals surface area (Å²) in [5.41, 5.74) is 1.00.